The van der Waals surface area contributed by atoms with Crippen molar-refractivity contribution in [1.29, 1.82) is 5.26 Å². The Labute approximate surface area is 173 Å². The van der Waals surface area contributed by atoms with Gasteiger partial charge >= 0.3 is 5.69 Å². The predicted octanol–water partition coefficient (Wildman–Crippen LogP) is 4.88. The van der Waals surface area contributed by atoms with Crippen LogP contribution in [0.3, 0.4) is 0 Å². The minimum Gasteiger partial charge on any atom is -0.453 e. The molecule has 0 amide bonds. The minimum absolute atomic E-state index is 0.0405. The first-order valence-corrected chi connectivity index (χ1v) is 9.10. The minimum atomic E-state index is -0.716. The predicted molar refractivity (Wildman–Crippen MR) is 107 cm³/mol. The number of nitrogens with zero attached hydrogens (tertiary/aromatic N) is 3. The summed E-state index contributed by atoms with van der Waals surface area (Å²) < 4.78 is 22.2. The maximum atomic E-state index is 15.2. The molecule has 0 aliphatic heterocycles. The fraction of sp³-hybridized carbons (Fsp3) is 0.0500. The maximum absolute atomic E-state index is 15.2. The lowest BCUT2D eigenvalue weighted by Gasteiger charge is -2.13. The summed E-state index contributed by atoms with van der Waals surface area (Å²) in [7, 11) is 0. The second kappa shape index (κ2) is 7.59. The van der Waals surface area contributed by atoms with Gasteiger partial charge in [-0.15, -0.1) is 0 Å². The maximum Gasteiger partial charge on any atom is 0.326 e. The van der Waals surface area contributed by atoms with Crippen molar-refractivity contribution in [3.05, 3.63) is 86.3 Å². The standard InChI is InChI=1S/C20H11Cl2FN4O2/c21-13-5-11(8-24)6-14(7-13)29-19-15(22)2-1-12(18(19)23)10-27-17-3-4-25-9-16(17)26-20(27)28/h1-7,9H,10H2,(H,26,28). The summed E-state index contributed by atoms with van der Waals surface area (Å²) in [6.07, 6.45) is 3.07. The van der Waals surface area contributed by atoms with Crippen LogP contribution in [0.5, 0.6) is 11.5 Å². The number of H-pyrrole nitrogens is 1. The van der Waals surface area contributed by atoms with Crippen molar-refractivity contribution in [3.63, 3.8) is 0 Å². The molecule has 0 saturated heterocycles. The Hall–Kier alpha value is -3.34. The second-order valence-corrected chi connectivity index (χ2v) is 6.99. The van der Waals surface area contributed by atoms with E-state index >= 15 is 4.39 Å². The molecule has 0 radical (unpaired) electrons. The van der Waals surface area contributed by atoms with Crippen LogP contribution in [0, 0.1) is 17.1 Å². The van der Waals surface area contributed by atoms with Crippen molar-refractivity contribution >= 4 is 34.2 Å². The third kappa shape index (κ3) is 3.68. The van der Waals surface area contributed by atoms with Crippen molar-refractivity contribution in [2.24, 2.45) is 0 Å². The molecule has 4 aromatic rings. The van der Waals surface area contributed by atoms with Crippen LogP contribution in [0.4, 0.5) is 4.39 Å². The number of nitriles is 1. The fourth-order valence-electron chi connectivity index (χ4n) is 2.93. The summed E-state index contributed by atoms with van der Waals surface area (Å²) in [5, 5.41) is 9.37. The van der Waals surface area contributed by atoms with Gasteiger partial charge in [-0.05, 0) is 30.3 Å². The molecule has 0 saturated carbocycles. The summed E-state index contributed by atoms with van der Waals surface area (Å²) in [5.74, 6) is -0.765. The number of aromatic amines is 1. The van der Waals surface area contributed by atoms with Gasteiger partial charge in [0.1, 0.15) is 5.75 Å². The van der Waals surface area contributed by atoms with Crippen molar-refractivity contribution in [3.8, 4) is 17.6 Å². The van der Waals surface area contributed by atoms with E-state index in [1.165, 1.54) is 41.1 Å². The van der Waals surface area contributed by atoms with Crippen LogP contribution in [0.15, 0.2) is 53.6 Å². The Kier molecular flexibility index (Phi) is 4.97. The molecule has 4 rings (SSSR count). The topological polar surface area (TPSA) is 83.7 Å². The van der Waals surface area contributed by atoms with Gasteiger partial charge in [0.05, 0.1) is 40.4 Å². The molecule has 1 N–H and O–H groups in total. The number of hydrogen-bond donors (Lipinski definition) is 1. The average Bonchev–Trinajstić information content (AvgIpc) is 3.02. The zero-order chi connectivity index (χ0) is 20.5. The molecule has 6 nitrogen and oxygen atoms in total. The zero-order valence-electron chi connectivity index (χ0n) is 14.6. The number of hydrogen-bond acceptors (Lipinski definition) is 4. The van der Waals surface area contributed by atoms with E-state index in [-0.39, 0.29) is 39.2 Å². The molecule has 144 valence electrons. The summed E-state index contributed by atoms with van der Waals surface area (Å²) in [6, 6.07) is 10.9. The number of nitrogens with one attached hydrogen (secondary N) is 1. The number of halogens is 3. The highest BCUT2D eigenvalue weighted by molar-refractivity contribution is 6.32. The molecule has 9 heteroatoms. The molecule has 0 unspecified atom stereocenters. The first-order valence-electron chi connectivity index (χ1n) is 8.34. The smallest absolute Gasteiger partial charge is 0.326 e. The van der Waals surface area contributed by atoms with E-state index in [1.807, 2.05) is 6.07 Å². The van der Waals surface area contributed by atoms with Crippen LogP contribution in [0.25, 0.3) is 11.0 Å². The highest BCUT2D eigenvalue weighted by atomic mass is 35.5. The van der Waals surface area contributed by atoms with Gasteiger partial charge in [0.2, 0.25) is 0 Å². The Bertz CT molecular complexity index is 1340. The van der Waals surface area contributed by atoms with Crippen molar-refractivity contribution < 1.29 is 9.13 Å². The molecular weight excluding hydrogens is 418 g/mol. The van der Waals surface area contributed by atoms with E-state index in [4.69, 9.17) is 33.2 Å². The zero-order valence-corrected chi connectivity index (χ0v) is 16.1. The average molecular weight is 429 g/mol. The number of aromatic nitrogens is 3. The normalized spacial score (nSPS) is 10.8. The van der Waals surface area contributed by atoms with Crippen molar-refractivity contribution in [2.45, 2.75) is 6.54 Å². The molecule has 0 spiro atoms. The Morgan fingerprint density at radius 2 is 2.07 bits per heavy atom. The lowest BCUT2D eigenvalue weighted by Crippen LogP contribution is -2.18. The second-order valence-electron chi connectivity index (χ2n) is 6.15. The molecule has 29 heavy (non-hydrogen) atoms. The van der Waals surface area contributed by atoms with Crippen LogP contribution in [-0.2, 0) is 6.54 Å². The third-order valence-corrected chi connectivity index (χ3v) is 4.77. The van der Waals surface area contributed by atoms with Gasteiger partial charge < -0.3 is 9.72 Å². The first-order chi connectivity index (χ1) is 14.0. The summed E-state index contributed by atoms with van der Waals surface area (Å²) in [6.45, 7) is -0.0405. The number of rotatable bonds is 4. The van der Waals surface area contributed by atoms with Gasteiger partial charge in [-0.3, -0.25) is 9.55 Å². The Balaban J connectivity index is 1.74. The molecule has 0 aliphatic carbocycles. The Morgan fingerprint density at radius 1 is 1.24 bits per heavy atom. The molecule has 0 atom stereocenters. The highest BCUT2D eigenvalue weighted by Crippen LogP contribution is 2.35. The van der Waals surface area contributed by atoms with Crippen LogP contribution < -0.4 is 10.4 Å². The van der Waals surface area contributed by atoms with E-state index in [2.05, 4.69) is 9.97 Å². The first kappa shape index (κ1) is 19.0. The lowest BCUT2D eigenvalue weighted by molar-refractivity contribution is 0.437. The van der Waals surface area contributed by atoms with E-state index < -0.39 is 11.5 Å². The molecule has 0 aliphatic rings. The van der Waals surface area contributed by atoms with Crippen LogP contribution in [0.1, 0.15) is 11.1 Å². The summed E-state index contributed by atoms with van der Waals surface area (Å²) >= 11 is 12.1. The van der Waals surface area contributed by atoms with Gasteiger partial charge in [0, 0.05) is 16.8 Å². The monoisotopic (exact) mass is 428 g/mol. The van der Waals surface area contributed by atoms with Crippen molar-refractivity contribution in [2.75, 3.05) is 0 Å². The SMILES string of the molecule is N#Cc1cc(Cl)cc(Oc2c(Cl)ccc(Cn3c(=O)[nH]c4cnccc43)c2F)c1. The number of benzene rings is 2. The van der Waals surface area contributed by atoms with Gasteiger partial charge in [0.15, 0.2) is 11.6 Å². The summed E-state index contributed by atoms with van der Waals surface area (Å²) in [5.41, 5.74) is 1.21. The molecular formula is C20H11Cl2FN4O2. The van der Waals surface area contributed by atoms with Gasteiger partial charge in [-0.2, -0.15) is 5.26 Å². The number of pyridine rings is 1. The van der Waals surface area contributed by atoms with Crippen LogP contribution >= 0.6 is 23.2 Å². The van der Waals surface area contributed by atoms with Gasteiger partial charge in [-0.1, -0.05) is 29.3 Å². The molecule has 0 fully saturated rings. The van der Waals surface area contributed by atoms with E-state index in [0.717, 1.165) is 0 Å². The fourth-order valence-corrected chi connectivity index (χ4v) is 3.34. The van der Waals surface area contributed by atoms with Gasteiger partial charge in [0.25, 0.3) is 0 Å². The van der Waals surface area contributed by atoms with E-state index in [1.54, 1.807) is 12.3 Å². The molecule has 0 bridgehead atoms. The molecule has 2 aromatic heterocycles. The Morgan fingerprint density at radius 3 is 2.86 bits per heavy atom. The van der Waals surface area contributed by atoms with Gasteiger partial charge in [-0.25, -0.2) is 9.18 Å². The quantitative estimate of drug-likeness (QED) is 0.501. The number of ether oxygens (including phenoxy) is 1. The van der Waals surface area contributed by atoms with Crippen LogP contribution in [-0.4, -0.2) is 14.5 Å². The lowest BCUT2D eigenvalue weighted by atomic mass is 10.2. The van der Waals surface area contributed by atoms with E-state index in [9.17, 15) is 4.79 Å². The van der Waals surface area contributed by atoms with Crippen molar-refractivity contribution in [1.82, 2.24) is 14.5 Å². The highest BCUT2D eigenvalue weighted by Gasteiger charge is 2.17. The summed E-state index contributed by atoms with van der Waals surface area (Å²) in [4.78, 5) is 18.9. The largest absolute Gasteiger partial charge is 0.453 e. The number of fused-ring (bicyclic) bond motifs is 1. The molecule has 2 heterocycles. The third-order valence-electron chi connectivity index (χ3n) is 4.25. The van der Waals surface area contributed by atoms with Crippen LogP contribution in [0.2, 0.25) is 10.0 Å². The number of imidazole rings is 1. The van der Waals surface area contributed by atoms with E-state index in [0.29, 0.717) is 11.0 Å². The molecule has 2 aromatic carbocycles.